The fourth-order valence-electron chi connectivity index (χ4n) is 2.56. The molecule has 0 radical (unpaired) electrons. The summed E-state index contributed by atoms with van der Waals surface area (Å²) in [6.45, 7) is 4.91. The summed E-state index contributed by atoms with van der Waals surface area (Å²) in [5.41, 5.74) is 6.75. The van der Waals surface area contributed by atoms with Gasteiger partial charge in [-0.15, -0.1) is 0 Å². The Morgan fingerprint density at radius 2 is 1.90 bits per heavy atom. The first-order valence-corrected chi connectivity index (χ1v) is 8.61. The third-order valence-electron chi connectivity index (χ3n) is 3.80. The molecule has 1 amide bonds. The van der Waals surface area contributed by atoms with Crippen LogP contribution in [0, 0.1) is 5.92 Å². The van der Waals surface area contributed by atoms with E-state index >= 15 is 0 Å². The Hall–Kier alpha value is -0.870. The summed E-state index contributed by atoms with van der Waals surface area (Å²) in [5, 5.41) is 3.07. The van der Waals surface area contributed by atoms with Gasteiger partial charge in [0.25, 0.3) is 0 Å². The van der Waals surface area contributed by atoms with Crippen LogP contribution >= 0.6 is 15.9 Å². The summed E-state index contributed by atoms with van der Waals surface area (Å²) in [5.74, 6) is 0.706. The van der Waals surface area contributed by atoms with Gasteiger partial charge in [0.15, 0.2) is 0 Å². The quantitative estimate of drug-likeness (QED) is 0.698. The molecule has 0 aliphatic rings. The molecule has 0 heterocycles. The van der Waals surface area contributed by atoms with Crippen LogP contribution in [0.25, 0.3) is 0 Å². The first-order chi connectivity index (χ1) is 10.1. The minimum atomic E-state index is 0.0460. The maximum Gasteiger partial charge on any atom is 0.220 e. The largest absolute Gasteiger partial charge is 0.350 e. The number of amides is 1. The summed E-state index contributed by atoms with van der Waals surface area (Å²) < 4.78 is 1.05. The Morgan fingerprint density at radius 1 is 1.24 bits per heavy atom. The lowest BCUT2D eigenvalue weighted by molar-refractivity contribution is -0.122. The lowest BCUT2D eigenvalue weighted by Crippen LogP contribution is -2.27. The molecule has 0 aromatic heterocycles. The number of nitrogens with two attached hydrogens (primary N) is 1. The predicted molar refractivity (Wildman–Crippen MR) is 92.0 cm³/mol. The zero-order chi connectivity index (χ0) is 15.7. The fourth-order valence-corrected chi connectivity index (χ4v) is 2.82. The van der Waals surface area contributed by atoms with Crippen molar-refractivity contribution in [2.24, 2.45) is 11.7 Å². The zero-order valence-electron chi connectivity index (χ0n) is 13.1. The van der Waals surface area contributed by atoms with Crippen LogP contribution in [-0.4, -0.2) is 12.5 Å². The number of hydrogen-bond acceptors (Lipinski definition) is 2. The lowest BCUT2D eigenvalue weighted by atomic mass is 9.94. The van der Waals surface area contributed by atoms with E-state index in [-0.39, 0.29) is 11.9 Å². The molecule has 1 rings (SSSR count). The van der Waals surface area contributed by atoms with E-state index in [0.717, 1.165) is 35.7 Å². The molecule has 3 nitrogen and oxygen atoms in total. The smallest absolute Gasteiger partial charge is 0.220 e. The Morgan fingerprint density at radius 3 is 2.48 bits per heavy atom. The second-order valence-electron chi connectivity index (χ2n) is 5.61. The Balaban J connectivity index is 2.40. The highest BCUT2D eigenvalue weighted by atomic mass is 79.9. The molecule has 21 heavy (non-hydrogen) atoms. The summed E-state index contributed by atoms with van der Waals surface area (Å²) in [7, 11) is 0. The van der Waals surface area contributed by atoms with Crippen molar-refractivity contribution in [2.75, 3.05) is 6.54 Å². The minimum absolute atomic E-state index is 0.0460. The second-order valence-corrected chi connectivity index (χ2v) is 6.53. The van der Waals surface area contributed by atoms with Crippen LogP contribution in [0.3, 0.4) is 0 Å². The number of rotatable bonds is 9. The molecule has 1 aromatic rings. The van der Waals surface area contributed by atoms with Gasteiger partial charge in [0.05, 0.1) is 6.04 Å². The van der Waals surface area contributed by atoms with Crippen LogP contribution in [0.1, 0.15) is 57.6 Å². The molecule has 0 fully saturated rings. The van der Waals surface area contributed by atoms with Gasteiger partial charge in [0.2, 0.25) is 5.91 Å². The Kier molecular flexibility index (Phi) is 8.62. The van der Waals surface area contributed by atoms with Gasteiger partial charge in [0.1, 0.15) is 0 Å². The number of carbonyl (C=O) groups is 1. The molecule has 0 saturated heterocycles. The van der Waals surface area contributed by atoms with Crippen LogP contribution in [0.5, 0.6) is 0 Å². The third kappa shape index (κ3) is 7.09. The number of nitrogens with one attached hydrogen (secondary N) is 1. The summed E-state index contributed by atoms with van der Waals surface area (Å²) in [6, 6.07) is 8.10. The van der Waals surface area contributed by atoms with Crippen LogP contribution in [-0.2, 0) is 4.79 Å². The topological polar surface area (TPSA) is 55.1 Å². The minimum Gasteiger partial charge on any atom is -0.350 e. The molecule has 0 aliphatic carbocycles. The highest BCUT2D eigenvalue weighted by Gasteiger charge is 2.12. The molecule has 0 spiro atoms. The Labute approximate surface area is 136 Å². The van der Waals surface area contributed by atoms with Gasteiger partial charge in [-0.1, -0.05) is 47.8 Å². The summed E-state index contributed by atoms with van der Waals surface area (Å²) in [4.78, 5) is 12.1. The molecule has 3 N–H and O–H groups in total. The molecular formula is C17H27BrN2O. The predicted octanol–water partition coefficient (Wildman–Crippen LogP) is 4.17. The van der Waals surface area contributed by atoms with Gasteiger partial charge < -0.3 is 11.1 Å². The van der Waals surface area contributed by atoms with E-state index in [9.17, 15) is 4.79 Å². The SMILES string of the molecule is CCCC(CCN)CCC(=O)N[C@@H](C)c1ccc(Br)cc1. The van der Waals surface area contributed by atoms with E-state index in [4.69, 9.17) is 5.73 Å². The molecule has 0 saturated carbocycles. The van der Waals surface area contributed by atoms with Crippen molar-refractivity contribution in [3.63, 3.8) is 0 Å². The van der Waals surface area contributed by atoms with E-state index < -0.39 is 0 Å². The van der Waals surface area contributed by atoms with Crippen molar-refractivity contribution in [1.29, 1.82) is 0 Å². The van der Waals surface area contributed by atoms with Gasteiger partial charge in [-0.25, -0.2) is 0 Å². The first-order valence-electron chi connectivity index (χ1n) is 7.81. The maximum atomic E-state index is 12.1. The molecule has 0 aliphatic heterocycles. The van der Waals surface area contributed by atoms with Crippen molar-refractivity contribution < 1.29 is 4.79 Å². The van der Waals surface area contributed by atoms with Gasteiger partial charge in [-0.2, -0.15) is 0 Å². The third-order valence-corrected chi connectivity index (χ3v) is 4.33. The molecule has 4 heteroatoms. The number of carbonyl (C=O) groups excluding carboxylic acids is 1. The number of halogens is 1. The first kappa shape index (κ1) is 18.2. The summed E-state index contributed by atoms with van der Waals surface area (Å²) >= 11 is 3.42. The molecular weight excluding hydrogens is 328 g/mol. The molecule has 1 aromatic carbocycles. The number of hydrogen-bond donors (Lipinski definition) is 2. The fraction of sp³-hybridized carbons (Fsp3) is 0.588. The molecule has 2 atom stereocenters. The molecule has 118 valence electrons. The van der Waals surface area contributed by atoms with E-state index in [1.807, 2.05) is 31.2 Å². The van der Waals surface area contributed by atoms with Crippen LogP contribution < -0.4 is 11.1 Å². The standard InChI is InChI=1S/C17H27BrN2O/c1-3-4-14(11-12-19)5-10-17(21)20-13(2)15-6-8-16(18)9-7-15/h6-9,13-14H,3-5,10-12,19H2,1-2H3,(H,20,21)/t13-,14?/m0/s1. The van der Waals surface area contributed by atoms with Crippen molar-refractivity contribution >= 4 is 21.8 Å². The normalized spacial score (nSPS) is 13.7. The van der Waals surface area contributed by atoms with Crippen molar-refractivity contribution in [3.8, 4) is 0 Å². The zero-order valence-corrected chi connectivity index (χ0v) is 14.7. The second kappa shape index (κ2) is 9.96. The van der Waals surface area contributed by atoms with E-state index in [1.165, 1.54) is 0 Å². The van der Waals surface area contributed by atoms with E-state index in [0.29, 0.717) is 18.9 Å². The van der Waals surface area contributed by atoms with Crippen LogP contribution in [0.4, 0.5) is 0 Å². The maximum absolute atomic E-state index is 12.1. The Bertz CT molecular complexity index is 413. The van der Waals surface area contributed by atoms with E-state index in [2.05, 4.69) is 28.2 Å². The number of benzene rings is 1. The summed E-state index contributed by atoms with van der Waals surface area (Å²) in [6.07, 6.45) is 4.85. The van der Waals surface area contributed by atoms with Gasteiger partial charge in [-0.05, 0) is 49.9 Å². The van der Waals surface area contributed by atoms with Crippen LogP contribution in [0.2, 0.25) is 0 Å². The van der Waals surface area contributed by atoms with Gasteiger partial charge in [-0.3, -0.25) is 4.79 Å². The monoisotopic (exact) mass is 354 g/mol. The average Bonchev–Trinajstić information content (AvgIpc) is 2.46. The highest BCUT2D eigenvalue weighted by Crippen LogP contribution is 2.19. The molecule has 1 unspecified atom stereocenters. The lowest BCUT2D eigenvalue weighted by Gasteiger charge is -2.17. The van der Waals surface area contributed by atoms with Crippen molar-refractivity contribution in [2.45, 2.75) is 52.0 Å². The highest BCUT2D eigenvalue weighted by molar-refractivity contribution is 9.10. The van der Waals surface area contributed by atoms with E-state index in [1.54, 1.807) is 0 Å². The van der Waals surface area contributed by atoms with Crippen molar-refractivity contribution in [3.05, 3.63) is 34.3 Å². The van der Waals surface area contributed by atoms with Gasteiger partial charge >= 0.3 is 0 Å². The average molecular weight is 355 g/mol. The van der Waals surface area contributed by atoms with Crippen molar-refractivity contribution in [1.82, 2.24) is 5.32 Å². The van der Waals surface area contributed by atoms with Gasteiger partial charge in [0, 0.05) is 10.9 Å². The van der Waals surface area contributed by atoms with Crippen LogP contribution in [0.15, 0.2) is 28.7 Å². The molecule has 0 bridgehead atoms.